The van der Waals surface area contributed by atoms with Crippen LogP contribution in [0.2, 0.25) is 0 Å². The van der Waals surface area contributed by atoms with E-state index in [4.69, 9.17) is 0 Å². The molecule has 0 aliphatic rings. The summed E-state index contributed by atoms with van der Waals surface area (Å²) in [5.74, 6) is -0.369. The summed E-state index contributed by atoms with van der Waals surface area (Å²) in [4.78, 5) is 13.1. The lowest BCUT2D eigenvalue weighted by Crippen LogP contribution is -2.42. The Labute approximate surface area is 192 Å². The summed E-state index contributed by atoms with van der Waals surface area (Å²) in [7, 11) is -3.93. The SMILES string of the molecule is CCC(NC(=O)CN(c1cccc(Br)c1)S(=O)(=O)c1ccccc1)c1ccc(C)cc1. The molecule has 0 fully saturated rings. The van der Waals surface area contributed by atoms with Crippen LogP contribution in [-0.2, 0) is 14.8 Å². The molecule has 0 aliphatic heterocycles. The summed E-state index contributed by atoms with van der Waals surface area (Å²) >= 11 is 3.39. The van der Waals surface area contributed by atoms with Crippen molar-refractivity contribution in [3.63, 3.8) is 0 Å². The van der Waals surface area contributed by atoms with Crippen molar-refractivity contribution in [1.82, 2.24) is 5.32 Å². The molecular formula is C24H25BrN2O3S. The topological polar surface area (TPSA) is 66.5 Å². The van der Waals surface area contributed by atoms with Gasteiger partial charge in [0.15, 0.2) is 0 Å². The van der Waals surface area contributed by atoms with Gasteiger partial charge >= 0.3 is 0 Å². The highest BCUT2D eigenvalue weighted by atomic mass is 79.9. The van der Waals surface area contributed by atoms with E-state index < -0.39 is 10.0 Å². The van der Waals surface area contributed by atoms with Crippen molar-refractivity contribution < 1.29 is 13.2 Å². The standard InChI is InChI=1S/C24H25BrN2O3S/c1-3-23(19-14-12-18(2)13-15-19)26-24(28)17-27(21-9-7-8-20(25)16-21)31(29,30)22-10-5-4-6-11-22/h4-16,23H,3,17H2,1-2H3,(H,26,28). The van der Waals surface area contributed by atoms with Crippen LogP contribution in [0.25, 0.3) is 0 Å². The second kappa shape index (κ2) is 10.1. The van der Waals surface area contributed by atoms with Crippen LogP contribution < -0.4 is 9.62 Å². The minimum Gasteiger partial charge on any atom is -0.348 e. The molecule has 162 valence electrons. The molecule has 1 atom stereocenters. The zero-order valence-electron chi connectivity index (χ0n) is 17.5. The first-order valence-corrected chi connectivity index (χ1v) is 12.2. The predicted molar refractivity (Wildman–Crippen MR) is 127 cm³/mol. The van der Waals surface area contributed by atoms with Crippen LogP contribution >= 0.6 is 15.9 Å². The van der Waals surface area contributed by atoms with Gasteiger partial charge < -0.3 is 5.32 Å². The summed E-state index contributed by atoms with van der Waals surface area (Å²) < 4.78 is 28.6. The summed E-state index contributed by atoms with van der Waals surface area (Å²) in [6.45, 7) is 3.67. The highest BCUT2D eigenvalue weighted by molar-refractivity contribution is 9.10. The molecule has 0 aliphatic carbocycles. The van der Waals surface area contributed by atoms with Gasteiger partial charge in [-0.05, 0) is 49.2 Å². The molecule has 1 unspecified atom stereocenters. The lowest BCUT2D eigenvalue weighted by Gasteiger charge is -2.26. The van der Waals surface area contributed by atoms with E-state index in [2.05, 4.69) is 21.2 Å². The van der Waals surface area contributed by atoms with Crippen LogP contribution in [0.3, 0.4) is 0 Å². The molecule has 0 radical (unpaired) electrons. The average Bonchev–Trinajstić information content (AvgIpc) is 2.77. The Morgan fingerprint density at radius 3 is 2.29 bits per heavy atom. The molecule has 1 N–H and O–H groups in total. The van der Waals surface area contributed by atoms with E-state index in [0.717, 1.165) is 19.9 Å². The number of carbonyl (C=O) groups excluding carboxylic acids is 1. The van der Waals surface area contributed by atoms with Crippen molar-refractivity contribution in [3.8, 4) is 0 Å². The average molecular weight is 501 g/mol. The molecule has 0 saturated carbocycles. The number of rotatable bonds is 8. The van der Waals surface area contributed by atoms with Crippen molar-refractivity contribution in [1.29, 1.82) is 0 Å². The second-order valence-electron chi connectivity index (χ2n) is 7.24. The number of benzene rings is 3. The molecule has 0 spiro atoms. The first-order valence-electron chi connectivity index (χ1n) is 10.0. The van der Waals surface area contributed by atoms with Gasteiger partial charge in [0.2, 0.25) is 5.91 Å². The van der Waals surface area contributed by atoms with Crippen LogP contribution in [-0.4, -0.2) is 20.9 Å². The molecule has 3 rings (SSSR count). The third kappa shape index (κ3) is 5.74. The predicted octanol–water partition coefficient (Wildman–Crippen LogP) is 5.22. The van der Waals surface area contributed by atoms with Gasteiger partial charge in [0.05, 0.1) is 16.6 Å². The van der Waals surface area contributed by atoms with E-state index in [1.165, 1.54) is 12.1 Å². The van der Waals surface area contributed by atoms with E-state index >= 15 is 0 Å². The number of amides is 1. The number of carbonyl (C=O) groups is 1. The largest absolute Gasteiger partial charge is 0.348 e. The van der Waals surface area contributed by atoms with Crippen molar-refractivity contribution >= 4 is 37.5 Å². The number of nitrogens with one attached hydrogen (secondary N) is 1. The van der Waals surface area contributed by atoms with Gasteiger partial charge in [-0.25, -0.2) is 8.42 Å². The highest BCUT2D eigenvalue weighted by Gasteiger charge is 2.28. The number of halogens is 1. The number of anilines is 1. The van der Waals surface area contributed by atoms with Crippen molar-refractivity contribution in [2.75, 3.05) is 10.8 Å². The van der Waals surface area contributed by atoms with Gasteiger partial charge in [-0.1, -0.05) is 76.9 Å². The van der Waals surface area contributed by atoms with Gasteiger partial charge in [-0.3, -0.25) is 9.10 Å². The maximum atomic E-state index is 13.4. The fourth-order valence-corrected chi connectivity index (χ4v) is 5.08. The quantitative estimate of drug-likeness (QED) is 0.460. The maximum absolute atomic E-state index is 13.4. The maximum Gasteiger partial charge on any atom is 0.264 e. The Bertz CT molecular complexity index is 1130. The fourth-order valence-electron chi connectivity index (χ4n) is 3.26. The lowest BCUT2D eigenvalue weighted by atomic mass is 10.0. The van der Waals surface area contributed by atoms with E-state index in [9.17, 15) is 13.2 Å². The smallest absolute Gasteiger partial charge is 0.264 e. The van der Waals surface area contributed by atoms with Gasteiger partial charge in [0.25, 0.3) is 10.0 Å². The number of hydrogen-bond acceptors (Lipinski definition) is 3. The summed E-state index contributed by atoms with van der Waals surface area (Å²) in [5.41, 5.74) is 2.54. The highest BCUT2D eigenvalue weighted by Crippen LogP contribution is 2.26. The van der Waals surface area contributed by atoms with E-state index in [0.29, 0.717) is 12.1 Å². The molecule has 0 bridgehead atoms. The van der Waals surface area contributed by atoms with Crippen molar-refractivity contribution in [2.45, 2.75) is 31.2 Å². The van der Waals surface area contributed by atoms with Gasteiger partial charge in [0.1, 0.15) is 6.54 Å². The number of aryl methyl sites for hydroxylation is 1. The van der Waals surface area contributed by atoms with Crippen molar-refractivity contribution in [2.24, 2.45) is 0 Å². The van der Waals surface area contributed by atoms with E-state index in [-0.39, 0.29) is 23.4 Å². The first-order chi connectivity index (χ1) is 14.8. The minimum absolute atomic E-state index is 0.133. The Morgan fingerprint density at radius 1 is 1.00 bits per heavy atom. The Kier molecular flexibility index (Phi) is 7.51. The van der Waals surface area contributed by atoms with Crippen LogP contribution in [0.5, 0.6) is 0 Å². The van der Waals surface area contributed by atoms with Crippen LogP contribution in [0.1, 0.15) is 30.5 Å². The third-order valence-corrected chi connectivity index (χ3v) is 7.22. The van der Waals surface area contributed by atoms with Crippen LogP contribution in [0.15, 0.2) is 88.2 Å². The van der Waals surface area contributed by atoms with Crippen LogP contribution in [0.4, 0.5) is 5.69 Å². The Hall–Kier alpha value is -2.64. The van der Waals surface area contributed by atoms with Crippen LogP contribution in [0, 0.1) is 6.92 Å². The second-order valence-corrected chi connectivity index (χ2v) is 10.0. The fraction of sp³-hybridized carbons (Fsp3) is 0.208. The summed E-state index contributed by atoms with van der Waals surface area (Å²) in [6.07, 6.45) is 0.692. The molecule has 1 amide bonds. The van der Waals surface area contributed by atoms with E-state index in [1.54, 1.807) is 42.5 Å². The zero-order valence-corrected chi connectivity index (χ0v) is 19.9. The van der Waals surface area contributed by atoms with Gasteiger partial charge in [-0.2, -0.15) is 0 Å². The molecule has 0 saturated heterocycles. The molecular weight excluding hydrogens is 476 g/mol. The monoisotopic (exact) mass is 500 g/mol. The molecule has 0 heterocycles. The Morgan fingerprint density at radius 2 is 1.68 bits per heavy atom. The molecule has 3 aromatic rings. The van der Waals surface area contributed by atoms with Gasteiger partial charge in [-0.15, -0.1) is 0 Å². The zero-order chi connectivity index (χ0) is 22.4. The van der Waals surface area contributed by atoms with E-state index in [1.807, 2.05) is 38.1 Å². The normalized spacial score (nSPS) is 12.2. The number of sulfonamides is 1. The minimum atomic E-state index is -3.93. The molecule has 5 nitrogen and oxygen atoms in total. The molecule has 3 aromatic carbocycles. The Balaban J connectivity index is 1.89. The molecule has 0 aromatic heterocycles. The van der Waals surface area contributed by atoms with Crippen molar-refractivity contribution in [3.05, 3.63) is 94.5 Å². The molecule has 7 heteroatoms. The number of nitrogens with zero attached hydrogens (tertiary/aromatic N) is 1. The lowest BCUT2D eigenvalue weighted by molar-refractivity contribution is -0.120. The summed E-state index contributed by atoms with van der Waals surface area (Å²) in [6, 6.07) is 22.8. The molecule has 31 heavy (non-hydrogen) atoms. The number of hydrogen-bond donors (Lipinski definition) is 1. The van der Waals surface area contributed by atoms with Gasteiger partial charge in [0, 0.05) is 4.47 Å². The summed E-state index contributed by atoms with van der Waals surface area (Å²) in [5, 5.41) is 2.98. The first kappa shape index (κ1) is 23.0. The third-order valence-electron chi connectivity index (χ3n) is 4.94.